The van der Waals surface area contributed by atoms with Crippen molar-refractivity contribution in [3.05, 3.63) is 83.4 Å². The molecule has 0 spiro atoms. The number of carbonyl (C=O) groups excluding carboxylic acids is 4. The predicted molar refractivity (Wildman–Crippen MR) is 267 cm³/mol. The third kappa shape index (κ3) is 11.9. The first kappa shape index (κ1) is 53.7. The minimum atomic E-state index is -6.09. The Morgan fingerprint density at radius 1 is 0.653 bits per heavy atom. The fraction of sp³-hybridized carbons (Fsp3) is 0.458. The first-order valence-corrected chi connectivity index (χ1v) is 32.0. The van der Waals surface area contributed by atoms with E-state index in [4.69, 9.17) is 34.2 Å². The van der Waals surface area contributed by atoms with E-state index >= 15 is 0 Å². The van der Waals surface area contributed by atoms with Gasteiger partial charge in [-0.3, -0.25) is 33.9 Å². The second-order valence-electron chi connectivity index (χ2n) is 20.0. The Balaban J connectivity index is 1.11. The molecule has 3 aromatic rings. The van der Waals surface area contributed by atoms with Crippen molar-refractivity contribution in [3.63, 3.8) is 0 Å². The van der Waals surface area contributed by atoms with Crippen LogP contribution in [0.1, 0.15) is 45.5 Å². The van der Waals surface area contributed by atoms with E-state index < -0.39 is 73.8 Å². The first-order chi connectivity index (χ1) is 33.8. The zero-order valence-corrected chi connectivity index (χ0v) is 44.2. The smallest absolute Gasteiger partial charge is 0.493 e. The highest BCUT2D eigenvalue weighted by atomic mass is 32.2. The molecular weight excluding hydrogens is 1000 g/mol. The molecule has 0 aliphatic carbocycles. The summed E-state index contributed by atoms with van der Waals surface area (Å²) in [6.45, 7) is 13.4. The van der Waals surface area contributed by atoms with Crippen LogP contribution in [0.15, 0.2) is 66.7 Å². The molecule has 3 aromatic carbocycles. The number of benzene rings is 3. The van der Waals surface area contributed by atoms with Gasteiger partial charge in [0, 0.05) is 78.8 Å². The van der Waals surface area contributed by atoms with Gasteiger partial charge in [-0.15, -0.1) is 0 Å². The number of alkyl halides is 3. The van der Waals surface area contributed by atoms with Gasteiger partial charge in [-0.2, -0.15) is 21.6 Å². The molecule has 0 saturated heterocycles. The molecule has 24 heteroatoms. The molecule has 4 aliphatic rings. The molecule has 4 aliphatic heterocycles. The first-order valence-electron chi connectivity index (χ1n) is 23.2. The number of nitrogen functional groups attached to an aromatic ring is 1. The highest BCUT2D eigenvalue weighted by molar-refractivity contribution is 7.87. The maximum absolute atomic E-state index is 14.5. The molecule has 0 fully saturated rings. The van der Waals surface area contributed by atoms with Gasteiger partial charge in [0.2, 0.25) is 0 Å². The van der Waals surface area contributed by atoms with Crippen molar-refractivity contribution in [3.8, 4) is 23.0 Å². The number of halogens is 3. The van der Waals surface area contributed by atoms with E-state index in [1.54, 1.807) is 30.5 Å². The zero-order valence-electron chi connectivity index (χ0n) is 41.4. The third-order valence-electron chi connectivity index (χ3n) is 12.3. The van der Waals surface area contributed by atoms with Crippen LogP contribution in [-0.2, 0) is 33.4 Å². The Kier molecular flexibility index (Phi) is 15.8. The van der Waals surface area contributed by atoms with Crippen LogP contribution in [0.4, 0.5) is 30.2 Å². The van der Waals surface area contributed by atoms with Crippen molar-refractivity contribution >= 4 is 72.5 Å². The van der Waals surface area contributed by atoms with Crippen molar-refractivity contribution in [2.75, 3.05) is 69.6 Å². The van der Waals surface area contributed by atoms with Gasteiger partial charge in [-0.05, 0) is 47.5 Å². The molecule has 390 valence electrons. The third-order valence-corrected chi connectivity index (χ3v) is 16.7. The lowest BCUT2D eigenvalue weighted by Crippen LogP contribution is -2.45. The summed E-state index contributed by atoms with van der Waals surface area (Å²) in [5, 5.41) is 0. The van der Waals surface area contributed by atoms with E-state index in [0.717, 1.165) is 39.2 Å². The van der Waals surface area contributed by atoms with Gasteiger partial charge in [0.1, 0.15) is 31.3 Å². The second-order valence-corrected chi connectivity index (χ2v) is 32.8. The summed E-state index contributed by atoms with van der Waals surface area (Å²) < 4.78 is 104. The Labute approximate surface area is 418 Å². The number of amides is 4. The van der Waals surface area contributed by atoms with E-state index in [-0.39, 0.29) is 91.8 Å². The topological polar surface area (TPSA) is 206 Å². The van der Waals surface area contributed by atoms with Crippen molar-refractivity contribution in [2.24, 2.45) is 0 Å². The van der Waals surface area contributed by atoms with Crippen LogP contribution >= 0.6 is 0 Å². The lowest BCUT2D eigenvalue weighted by atomic mass is 10.0. The molecule has 4 amide bonds. The number of anilines is 3. The maximum Gasteiger partial charge on any atom is 0.534 e. The van der Waals surface area contributed by atoms with Gasteiger partial charge >= 0.3 is 15.6 Å². The van der Waals surface area contributed by atoms with E-state index in [1.165, 1.54) is 36.2 Å². The van der Waals surface area contributed by atoms with Crippen LogP contribution in [0.2, 0.25) is 51.4 Å². The Morgan fingerprint density at radius 2 is 1.11 bits per heavy atom. The number of nitrogens with zero attached hydrogens (tertiary/aromatic N) is 4. The number of rotatable bonds is 21. The maximum atomic E-state index is 14.5. The Bertz CT molecular complexity index is 2760. The molecule has 18 nitrogen and oxygen atoms in total. The molecule has 2 atom stereocenters. The van der Waals surface area contributed by atoms with Gasteiger partial charge in [0.25, 0.3) is 23.6 Å². The zero-order chi connectivity index (χ0) is 52.5. The average molecular weight is 1060 g/mol. The lowest BCUT2D eigenvalue weighted by molar-refractivity contribution is -0.123. The number of hydrogen-bond donors (Lipinski definition) is 1. The predicted octanol–water partition coefficient (Wildman–Crippen LogP) is 7.63. The van der Waals surface area contributed by atoms with Gasteiger partial charge in [0.05, 0.1) is 49.9 Å². The molecule has 1 unspecified atom stereocenters. The van der Waals surface area contributed by atoms with Gasteiger partial charge in [0.15, 0.2) is 23.0 Å². The largest absolute Gasteiger partial charge is 0.534 e. The molecule has 72 heavy (non-hydrogen) atoms. The second kappa shape index (κ2) is 21.2. The highest BCUT2D eigenvalue weighted by Crippen LogP contribution is 2.44. The summed E-state index contributed by atoms with van der Waals surface area (Å²) >= 11 is 0. The molecule has 0 radical (unpaired) electrons. The molecule has 7 rings (SSSR count). The summed E-state index contributed by atoms with van der Waals surface area (Å²) in [5.41, 5.74) is 2.87. The monoisotopic (exact) mass is 1060 g/mol. The normalized spacial score (nSPS) is 18.2. The van der Waals surface area contributed by atoms with E-state index in [1.807, 2.05) is 12.1 Å². The van der Waals surface area contributed by atoms with Crippen molar-refractivity contribution < 1.29 is 73.4 Å². The standard InChI is InChI=1S/C48H60F3N5O13SSi2/c1-63-40-22-34-36(55(28-65-16-18-71(3,4)5)46(59)38-20-31(26-53(38)44(34)57)30-10-12-32(52)13-11-30)24-42(40)67-14-9-15-68-43-25-37-35(23-41(43)64-2)45(58)54-27-33(69-70(61,62)48(49,50)51)21-39(54)47(60)56(37)29-66-17-19-72(6,7)8/h10-13,22-27,38-39H,9,14-21,28-29,52H2,1-8H3/t38-,39?/m0/s1. The number of methoxy groups -OCH3 is 2. The highest BCUT2D eigenvalue weighted by Gasteiger charge is 2.51. The number of fused-ring (bicyclic) bond motifs is 4. The van der Waals surface area contributed by atoms with Crippen LogP contribution in [0.5, 0.6) is 23.0 Å². The Hall–Kier alpha value is -6.09. The summed E-state index contributed by atoms with van der Waals surface area (Å²) in [7, 11) is -6.42. The van der Waals surface area contributed by atoms with Crippen molar-refractivity contribution in [1.82, 2.24) is 9.80 Å². The van der Waals surface area contributed by atoms with Crippen LogP contribution in [-0.4, -0.2) is 130 Å². The molecule has 0 saturated carbocycles. The average Bonchev–Trinajstić information content (AvgIpc) is 3.91. The van der Waals surface area contributed by atoms with Gasteiger partial charge in [-0.25, -0.2) is 0 Å². The van der Waals surface area contributed by atoms with Crippen LogP contribution < -0.4 is 34.5 Å². The summed E-state index contributed by atoms with van der Waals surface area (Å²) in [4.78, 5) is 62.2. The SMILES string of the molecule is COc1cc2c(cc1OCCCOc1cc3c(cc1OC)C(=O)N1C=C(c4ccc(N)cc4)C[C@H]1C(=O)N3COCC[Si](C)(C)C)N(COCC[Si](C)(C)C)C(=O)C1CC(OS(=O)(=O)C(F)(F)F)=CN1C2=O. The van der Waals surface area contributed by atoms with Crippen LogP contribution in [0.3, 0.4) is 0 Å². The summed E-state index contributed by atoms with van der Waals surface area (Å²) in [5.74, 6) is -2.42. The number of nitrogens with two attached hydrogens (primary N) is 1. The fourth-order valence-corrected chi connectivity index (χ4v) is 10.2. The van der Waals surface area contributed by atoms with E-state index in [2.05, 4.69) is 43.5 Å². The van der Waals surface area contributed by atoms with Crippen molar-refractivity contribution in [2.45, 2.75) is 88.2 Å². The minimum absolute atomic E-state index is 0.0101. The lowest BCUT2D eigenvalue weighted by Gasteiger charge is -2.27. The van der Waals surface area contributed by atoms with Crippen LogP contribution in [0, 0.1) is 0 Å². The molecule has 0 bridgehead atoms. The Morgan fingerprint density at radius 3 is 1.56 bits per heavy atom. The summed E-state index contributed by atoms with van der Waals surface area (Å²) in [6.07, 6.45) is 2.35. The van der Waals surface area contributed by atoms with Crippen LogP contribution in [0.25, 0.3) is 5.57 Å². The van der Waals surface area contributed by atoms with E-state index in [9.17, 15) is 40.8 Å². The number of hydrogen-bond acceptors (Lipinski definition) is 14. The van der Waals surface area contributed by atoms with Crippen molar-refractivity contribution in [1.29, 1.82) is 0 Å². The molecule has 0 aromatic heterocycles. The van der Waals surface area contributed by atoms with E-state index in [0.29, 0.717) is 18.0 Å². The molecular formula is C48H60F3N5O13SSi2. The molecule has 2 N–H and O–H groups in total. The number of ether oxygens (including phenoxy) is 6. The van der Waals surface area contributed by atoms with Gasteiger partial charge < -0.3 is 43.2 Å². The fourth-order valence-electron chi connectivity index (χ4n) is 8.22. The minimum Gasteiger partial charge on any atom is -0.493 e. The summed E-state index contributed by atoms with van der Waals surface area (Å²) in [6, 6.07) is 12.4. The molecule has 4 heterocycles. The quantitative estimate of drug-likeness (QED) is 0.0358. The van der Waals surface area contributed by atoms with Gasteiger partial charge in [-0.1, -0.05) is 51.4 Å². The number of carbonyl (C=O) groups is 4.